The maximum atomic E-state index is 13.2. The molecule has 162 valence electrons. The molecule has 1 aliphatic heterocycles. The molecule has 1 amide bonds. The van der Waals surface area contributed by atoms with Crippen molar-refractivity contribution in [3.8, 4) is 11.5 Å². The first-order valence-electron chi connectivity index (χ1n) is 9.24. The molecule has 0 saturated carbocycles. The molecule has 10 heteroatoms. The van der Waals surface area contributed by atoms with Gasteiger partial charge in [0.25, 0.3) is 0 Å². The number of nitrogens with one attached hydrogen (secondary N) is 1. The van der Waals surface area contributed by atoms with Gasteiger partial charge in [-0.15, -0.1) is 0 Å². The van der Waals surface area contributed by atoms with Gasteiger partial charge in [0.1, 0.15) is 16.4 Å². The lowest BCUT2D eigenvalue weighted by Gasteiger charge is -2.31. The highest BCUT2D eigenvalue weighted by molar-refractivity contribution is 7.89. The summed E-state index contributed by atoms with van der Waals surface area (Å²) in [6, 6.07) is 9.33. The smallest absolute Gasteiger partial charge is 0.246 e. The summed E-state index contributed by atoms with van der Waals surface area (Å²) in [6.07, 6.45) is 1.11. The largest absolute Gasteiger partial charge is 0.495 e. The molecular weight excluding hydrogens is 451 g/mol. The van der Waals surface area contributed by atoms with Crippen LogP contribution in [0.15, 0.2) is 41.3 Å². The third kappa shape index (κ3) is 4.83. The molecule has 0 unspecified atom stereocenters. The average Bonchev–Trinajstić information content (AvgIpc) is 2.74. The van der Waals surface area contributed by atoms with Crippen LogP contribution in [0, 0.1) is 5.92 Å². The number of piperidine rings is 1. The SMILES string of the molecule is COc1ccc(Cl)cc1NC(=O)[C@@H]1CCCN(S(=O)(=O)c2cc(Cl)ccc2OC)C1. The van der Waals surface area contributed by atoms with Gasteiger partial charge < -0.3 is 14.8 Å². The van der Waals surface area contributed by atoms with Crippen LogP contribution in [0.1, 0.15) is 12.8 Å². The Bertz CT molecular complexity index is 1050. The lowest BCUT2D eigenvalue weighted by molar-refractivity contribution is -0.120. The van der Waals surface area contributed by atoms with Gasteiger partial charge in [-0.05, 0) is 49.2 Å². The first-order chi connectivity index (χ1) is 14.3. The van der Waals surface area contributed by atoms with E-state index in [-0.39, 0.29) is 28.1 Å². The van der Waals surface area contributed by atoms with E-state index in [1.54, 1.807) is 24.3 Å². The molecule has 1 aliphatic rings. The molecule has 1 saturated heterocycles. The summed E-state index contributed by atoms with van der Waals surface area (Å²) in [7, 11) is -1.000. The van der Waals surface area contributed by atoms with Crippen LogP contribution in [0.3, 0.4) is 0 Å². The number of anilines is 1. The molecule has 1 N–H and O–H groups in total. The minimum Gasteiger partial charge on any atom is -0.495 e. The minimum atomic E-state index is -3.89. The number of hydrogen-bond donors (Lipinski definition) is 1. The third-order valence-electron chi connectivity index (χ3n) is 4.92. The molecule has 1 heterocycles. The summed E-state index contributed by atoms with van der Waals surface area (Å²) in [5.41, 5.74) is 0.437. The molecule has 0 aliphatic carbocycles. The number of ether oxygens (including phenoxy) is 2. The number of halogens is 2. The number of hydrogen-bond acceptors (Lipinski definition) is 5. The van der Waals surface area contributed by atoms with Gasteiger partial charge in [0.15, 0.2) is 0 Å². The fourth-order valence-corrected chi connectivity index (χ4v) is 5.49. The highest BCUT2D eigenvalue weighted by atomic mass is 35.5. The van der Waals surface area contributed by atoms with Gasteiger partial charge in [-0.25, -0.2) is 8.42 Å². The van der Waals surface area contributed by atoms with Crippen LogP contribution in [0.4, 0.5) is 5.69 Å². The third-order valence-corrected chi connectivity index (χ3v) is 7.27. The minimum absolute atomic E-state index is 0.0185. The van der Waals surface area contributed by atoms with E-state index < -0.39 is 15.9 Å². The lowest BCUT2D eigenvalue weighted by Crippen LogP contribution is -2.43. The van der Waals surface area contributed by atoms with Crippen LogP contribution >= 0.6 is 23.2 Å². The molecule has 0 aromatic heterocycles. The summed E-state index contributed by atoms with van der Waals surface area (Å²) < 4.78 is 38.2. The first kappa shape index (κ1) is 22.7. The van der Waals surface area contributed by atoms with Crippen LogP contribution < -0.4 is 14.8 Å². The molecule has 2 aromatic carbocycles. The predicted octanol–water partition coefficient (Wildman–Crippen LogP) is 4.05. The number of carbonyl (C=O) groups is 1. The molecule has 0 bridgehead atoms. The second kappa shape index (κ2) is 9.43. The fourth-order valence-electron chi connectivity index (χ4n) is 3.38. The standard InChI is InChI=1S/C20H22Cl2N2O5S/c1-28-17-7-5-14(21)10-16(17)23-20(25)13-4-3-9-24(12-13)30(26,27)19-11-15(22)6-8-18(19)29-2/h5-8,10-11,13H,3-4,9,12H2,1-2H3,(H,23,25)/t13-/m1/s1. The number of sulfonamides is 1. The summed E-state index contributed by atoms with van der Waals surface area (Å²) in [4.78, 5) is 12.8. The van der Waals surface area contributed by atoms with E-state index in [1.807, 2.05) is 0 Å². The molecule has 0 spiro atoms. The number of nitrogens with zero attached hydrogens (tertiary/aromatic N) is 1. The zero-order chi connectivity index (χ0) is 21.9. The zero-order valence-electron chi connectivity index (χ0n) is 16.5. The highest BCUT2D eigenvalue weighted by Crippen LogP contribution is 2.33. The molecule has 2 aromatic rings. The monoisotopic (exact) mass is 472 g/mol. The molecule has 7 nitrogen and oxygen atoms in total. The Morgan fingerprint density at radius 1 is 1.07 bits per heavy atom. The summed E-state index contributed by atoms with van der Waals surface area (Å²) in [5, 5.41) is 3.54. The number of methoxy groups -OCH3 is 2. The van der Waals surface area contributed by atoms with Crippen LogP contribution in [-0.2, 0) is 14.8 Å². The van der Waals surface area contributed by atoms with E-state index in [9.17, 15) is 13.2 Å². The number of rotatable bonds is 6. The maximum Gasteiger partial charge on any atom is 0.246 e. The Labute approximate surface area is 185 Å². The maximum absolute atomic E-state index is 13.2. The molecular formula is C20H22Cl2N2O5S. The average molecular weight is 473 g/mol. The quantitative estimate of drug-likeness (QED) is 0.685. The van der Waals surface area contributed by atoms with Gasteiger partial charge in [-0.1, -0.05) is 23.2 Å². The zero-order valence-corrected chi connectivity index (χ0v) is 18.9. The van der Waals surface area contributed by atoms with Crippen LogP contribution in [0.25, 0.3) is 0 Å². The van der Waals surface area contributed by atoms with Crippen LogP contribution in [0.2, 0.25) is 10.0 Å². The molecule has 30 heavy (non-hydrogen) atoms. The van der Waals surface area contributed by atoms with Crippen molar-refractivity contribution >= 4 is 44.8 Å². The van der Waals surface area contributed by atoms with Gasteiger partial charge >= 0.3 is 0 Å². The number of benzene rings is 2. The molecule has 0 radical (unpaired) electrons. The molecule has 3 rings (SSSR count). The predicted molar refractivity (Wildman–Crippen MR) is 116 cm³/mol. The summed E-state index contributed by atoms with van der Waals surface area (Å²) in [5.74, 6) is -0.151. The second-order valence-corrected chi connectivity index (χ2v) is 9.61. The highest BCUT2D eigenvalue weighted by Gasteiger charge is 2.35. The molecule has 1 atom stereocenters. The number of amides is 1. The van der Waals surface area contributed by atoms with E-state index >= 15 is 0 Å². The molecule has 1 fully saturated rings. The fraction of sp³-hybridized carbons (Fsp3) is 0.350. The Morgan fingerprint density at radius 2 is 1.70 bits per heavy atom. The van der Waals surface area contributed by atoms with Crippen molar-refractivity contribution in [1.82, 2.24) is 4.31 Å². The van der Waals surface area contributed by atoms with E-state index in [0.717, 1.165) is 0 Å². The van der Waals surface area contributed by atoms with Gasteiger partial charge in [0.2, 0.25) is 15.9 Å². The summed E-state index contributed by atoms with van der Waals surface area (Å²) in [6.45, 7) is 0.356. The van der Waals surface area contributed by atoms with Crippen molar-refractivity contribution in [3.63, 3.8) is 0 Å². The Balaban J connectivity index is 1.81. The second-order valence-electron chi connectivity index (χ2n) is 6.83. The summed E-state index contributed by atoms with van der Waals surface area (Å²) >= 11 is 12.0. The number of carbonyl (C=O) groups excluding carboxylic acids is 1. The van der Waals surface area contributed by atoms with Gasteiger partial charge in [0, 0.05) is 23.1 Å². The Hall–Kier alpha value is -2.00. The van der Waals surface area contributed by atoms with E-state index in [4.69, 9.17) is 32.7 Å². The van der Waals surface area contributed by atoms with Crippen LogP contribution in [0.5, 0.6) is 11.5 Å². The van der Waals surface area contributed by atoms with Crippen LogP contribution in [-0.4, -0.2) is 45.9 Å². The van der Waals surface area contributed by atoms with Gasteiger partial charge in [-0.2, -0.15) is 4.31 Å². The topological polar surface area (TPSA) is 84.9 Å². The van der Waals surface area contributed by atoms with E-state index in [1.165, 1.54) is 30.7 Å². The normalized spacial score (nSPS) is 17.4. The van der Waals surface area contributed by atoms with Crippen molar-refractivity contribution in [2.75, 3.05) is 32.6 Å². The van der Waals surface area contributed by atoms with Crippen molar-refractivity contribution in [2.24, 2.45) is 5.92 Å². The van der Waals surface area contributed by atoms with Crippen molar-refractivity contribution in [3.05, 3.63) is 46.4 Å². The van der Waals surface area contributed by atoms with Crippen molar-refractivity contribution in [2.45, 2.75) is 17.7 Å². The lowest BCUT2D eigenvalue weighted by atomic mass is 9.98. The van der Waals surface area contributed by atoms with E-state index in [0.29, 0.717) is 35.8 Å². The Kier molecular flexibility index (Phi) is 7.13. The van der Waals surface area contributed by atoms with Crippen molar-refractivity contribution in [1.29, 1.82) is 0 Å². The first-order valence-corrected chi connectivity index (χ1v) is 11.4. The van der Waals surface area contributed by atoms with Gasteiger partial charge in [-0.3, -0.25) is 4.79 Å². The van der Waals surface area contributed by atoms with Gasteiger partial charge in [0.05, 0.1) is 25.8 Å². The Morgan fingerprint density at radius 3 is 2.37 bits per heavy atom. The van der Waals surface area contributed by atoms with E-state index in [2.05, 4.69) is 5.32 Å². The van der Waals surface area contributed by atoms with Crippen molar-refractivity contribution < 1.29 is 22.7 Å².